The summed E-state index contributed by atoms with van der Waals surface area (Å²) in [6.07, 6.45) is 0. The summed E-state index contributed by atoms with van der Waals surface area (Å²) in [6, 6.07) is 20.9. The van der Waals surface area contributed by atoms with Gasteiger partial charge < -0.3 is 14.0 Å². The topological polar surface area (TPSA) is 57.5 Å². The van der Waals surface area contributed by atoms with Crippen LogP contribution in [0.15, 0.2) is 66.7 Å². The van der Waals surface area contributed by atoms with Crippen LogP contribution in [0.25, 0.3) is 0 Å². The fourth-order valence-corrected chi connectivity index (χ4v) is 3.02. The normalized spacial score (nSPS) is 10.5. The van der Waals surface area contributed by atoms with Crippen molar-refractivity contribution in [1.29, 1.82) is 0 Å². The van der Waals surface area contributed by atoms with Gasteiger partial charge in [-0.2, -0.15) is 0 Å². The molecule has 0 aliphatic heterocycles. The van der Waals surface area contributed by atoms with E-state index in [0.717, 1.165) is 17.0 Å². The van der Waals surface area contributed by atoms with Crippen molar-refractivity contribution in [3.63, 3.8) is 0 Å². The van der Waals surface area contributed by atoms with E-state index in [9.17, 15) is 9.59 Å². The van der Waals surface area contributed by atoms with E-state index in [1.807, 2.05) is 56.3 Å². The number of nitrogens with zero attached hydrogens (tertiary/aromatic N) is 1. The Balaban J connectivity index is 1.57. The number of ether oxygens (including phenoxy) is 2. The molecule has 0 fully saturated rings. The smallest absolute Gasteiger partial charge is 0.344 e. The summed E-state index contributed by atoms with van der Waals surface area (Å²) in [6.45, 7) is 4.03. The molecule has 0 radical (unpaired) electrons. The molecule has 0 N–H and O–H groups in total. The molecule has 0 amide bonds. The first-order chi connectivity index (χ1) is 13.5. The van der Waals surface area contributed by atoms with Crippen LogP contribution in [0.2, 0.25) is 0 Å². The van der Waals surface area contributed by atoms with Crippen molar-refractivity contribution in [3.05, 3.63) is 89.2 Å². The van der Waals surface area contributed by atoms with Crippen LogP contribution in [0.4, 0.5) is 0 Å². The van der Waals surface area contributed by atoms with Crippen LogP contribution in [-0.4, -0.2) is 29.5 Å². The maximum absolute atomic E-state index is 12.5. The molecule has 0 bridgehead atoms. The van der Waals surface area contributed by atoms with Crippen molar-refractivity contribution >= 4 is 11.8 Å². The molecule has 28 heavy (non-hydrogen) atoms. The molecular formula is C23H23NO4. The maximum Gasteiger partial charge on any atom is 0.344 e. The van der Waals surface area contributed by atoms with Crippen molar-refractivity contribution in [2.75, 3.05) is 13.2 Å². The van der Waals surface area contributed by atoms with E-state index in [2.05, 4.69) is 16.7 Å². The summed E-state index contributed by atoms with van der Waals surface area (Å²) < 4.78 is 12.5. The molecule has 0 saturated heterocycles. The highest BCUT2D eigenvalue weighted by Crippen LogP contribution is 2.18. The molecule has 5 heteroatoms. The molecule has 0 spiro atoms. The minimum Gasteiger partial charge on any atom is -0.482 e. The van der Waals surface area contributed by atoms with Gasteiger partial charge in [0.25, 0.3) is 0 Å². The number of Topliss-reactive ketones (excluding diaryl/α,β-unsaturated/α-hetero) is 1. The molecule has 3 rings (SSSR count). The monoisotopic (exact) mass is 377 g/mol. The first-order valence-corrected chi connectivity index (χ1v) is 9.12. The van der Waals surface area contributed by atoms with Crippen LogP contribution in [0.5, 0.6) is 5.75 Å². The first-order valence-electron chi connectivity index (χ1n) is 9.12. The highest BCUT2D eigenvalue weighted by atomic mass is 16.6. The second kappa shape index (κ2) is 9.04. The summed E-state index contributed by atoms with van der Waals surface area (Å²) >= 11 is 0. The summed E-state index contributed by atoms with van der Waals surface area (Å²) in [5.41, 5.74) is 3.59. The van der Waals surface area contributed by atoms with Crippen molar-refractivity contribution < 1.29 is 19.1 Å². The Morgan fingerprint density at radius 3 is 2.21 bits per heavy atom. The lowest BCUT2D eigenvalue weighted by Crippen LogP contribution is -2.20. The third-order valence-electron chi connectivity index (χ3n) is 4.52. The van der Waals surface area contributed by atoms with E-state index in [-0.39, 0.29) is 19.0 Å². The molecule has 1 aromatic heterocycles. The lowest BCUT2D eigenvalue weighted by molar-refractivity contribution is -0.144. The first kappa shape index (κ1) is 19.4. The Labute approximate surface area is 164 Å². The number of hydrogen-bond donors (Lipinski definition) is 0. The zero-order valence-corrected chi connectivity index (χ0v) is 16.1. The van der Waals surface area contributed by atoms with Crippen molar-refractivity contribution in [3.8, 4) is 5.75 Å². The molecule has 0 atom stereocenters. The molecule has 144 valence electrons. The predicted molar refractivity (Wildman–Crippen MR) is 107 cm³/mol. The molecular weight excluding hydrogens is 354 g/mol. The number of hydrogen-bond acceptors (Lipinski definition) is 4. The third-order valence-corrected chi connectivity index (χ3v) is 4.52. The van der Waals surface area contributed by atoms with Crippen LogP contribution in [0.1, 0.15) is 27.3 Å². The average molecular weight is 377 g/mol. The molecule has 0 saturated carbocycles. The van der Waals surface area contributed by atoms with Crippen LogP contribution in [-0.2, 0) is 16.1 Å². The number of carbonyl (C=O) groups excluding carboxylic acids is 2. The molecule has 0 aliphatic carbocycles. The van der Waals surface area contributed by atoms with Crippen LogP contribution in [0.3, 0.4) is 0 Å². The van der Waals surface area contributed by atoms with Gasteiger partial charge in [-0.15, -0.1) is 0 Å². The van der Waals surface area contributed by atoms with E-state index in [1.165, 1.54) is 0 Å². The van der Waals surface area contributed by atoms with E-state index >= 15 is 0 Å². The maximum atomic E-state index is 12.5. The fraction of sp³-hybridized carbons (Fsp3) is 0.217. The van der Waals surface area contributed by atoms with E-state index in [0.29, 0.717) is 17.9 Å². The van der Waals surface area contributed by atoms with Gasteiger partial charge in [-0.1, -0.05) is 48.5 Å². The van der Waals surface area contributed by atoms with E-state index in [1.54, 1.807) is 12.1 Å². The van der Waals surface area contributed by atoms with Gasteiger partial charge >= 0.3 is 5.97 Å². The lowest BCUT2D eigenvalue weighted by atomic mass is 10.1. The highest BCUT2D eigenvalue weighted by Gasteiger charge is 2.17. The number of ketones is 1. The molecule has 0 unspecified atom stereocenters. The number of carbonyl (C=O) groups is 2. The number of para-hydroxylation sites is 1. The number of benzene rings is 2. The van der Waals surface area contributed by atoms with Crippen LogP contribution < -0.4 is 4.74 Å². The molecule has 1 heterocycles. The summed E-state index contributed by atoms with van der Waals surface area (Å²) in [4.78, 5) is 24.4. The van der Waals surface area contributed by atoms with Crippen molar-refractivity contribution in [2.24, 2.45) is 0 Å². The molecule has 3 aromatic rings. The van der Waals surface area contributed by atoms with Gasteiger partial charge in [-0.3, -0.25) is 4.79 Å². The van der Waals surface area contributed by atoms with Crippen LogP contribution >= 0.6 is 0 Å². The van der Waals surface area contributed by atoms with Gasteiger partial charge in [-0.25, -0.2) is 4.79 Å². The lowest BCUT2D eigenvalue weighted by Gasteiger charge is -2.10. The number of aryl methyl sites for hydroxylation is 1. The summed E-state index contributed by atoms with van der Waals surface area (Å²) in [5, 5.41) is 0. The SMILES string of the molecule is Cc1cc(C(=O)COC(=O)COc2ccccc2)c(C)n1Cc1ccccc1. The Morgan fingerprint density at radius 2 is 1.54 bits per heavy atom. The zero-order chi connectivity index (χ0) is 19.9. The number of aromatic nitrogens is 1. The number of esters is 1. The zero-order valence-electron chi connectivity index (χ0n) is 16.1. The Kier molecular flexibility index (Phi) is 6.27. The summed E-state index contributed by atoms with van der Waals surface area (Å²) in [5.74, 6) is -0.217. The van der Waals surface area contributed by atoms with Gasteiger partial charge in [0, 0.05) is 23.5 Å². The molecule has 5 nitrogen and oxygen atoms in total. The molecule has 2 aromatic carbocycles. The Bertz CT molecular complexity index is 945. The van der Waals surface area contributed by atoms with Gasteiger partial charge in [0.1, 0.15) is 5.75 Å². The minimum absolute atomic E-state index is 0.222. The standard InChI is InChI=1S/C23H23NO4/c1-17-13-21(18(2)24(17)14-19-9-5-3-6-10-19)22(25)15-28-23(26)16-27-20-11-7-4-8-12-20/h3-13H,14-16H2,1-2H3. The van der Waals surface area contributed by atoms with E-state index in [4.69, 9.17) is 9.47 Å². The highest BCUT2D eigenvalue weighted by molar-refractivity contribution is 5.99. The second-order valence-electron chi connectivity index (χ2n) is 6.54. The Morgan fingerprint density at radius 1 is 0.893 bits per heavy atom. The minimum atomic E-state index is -0.574. The summed E-state index contributed by atoms with van der Waals surface area (Å²) in [7, 11) is 0. The fourth-order valence-electron chi connectivity index (χ4n) is 3.02. The average Bonchev–Trinajstić information content (AvgIpc) is 3.00. The Hall–Kier alpha value is -3.34. The van der Waals surface area contributed by atoms with Crippen molar-refractivity contribution in [2.45, 2.75) is 20.4 Å². The largest absolute Gasteiger partial charge is 0.482 e. The number of rotatable bonds is 8. The van der Waals surface area contributed by atoms with Gasteiger partial charge in [0.05, 0.1) is 0 Å². The predicted octanol–water partition coefficient (Wildman–Crippen LogP) is 3.96. The molecule has 0 aliphatic rings. The van der Waals surface area contributed by atoms with Crippen molar-refractivity contribution in [1.82, 2.24) is 4.57 Å². The third kappa shape index (κ3) is 4.88. The van der Waals surface area contributed by atoms with E-state index < -0.39 is 5.97 Å². The second-order valence-corrected chi connectivity index (χ2v) is 6.54. The van der Waals surface area contributed by atoms with Crippen LogP contribution in [0, 0.1) is 13.8 Å². The van der Waals surface area contributed by atoms with Gasteiger partial charge in [0.2, 0.25) is 5.78 Å². The van der Waals surface area contributed by atoms with Gasteiger partial charge in [-0.05, 0) is 37.6 Å². The quantitative estimate of drug-likeness (QED) is 0.440. The van der Waals surface area contributed by atoms with Gasteiger partial charge in [0.15, 0.2) is 13.2 Å².